The van der Waals surface area contributed by atoms with Gasteiger partial charge in [-0.3, -0.25) is 0 Å². The van der Waals surface area contributed by atoms with E-state index in [-0.39, 0.29) is 17.3 Å². The smallest absolute Gasteiger partial charge is 0.410 e. The van der Waals surface area contributed by atoms with E-state index in [0.717, 1.165) is 49.7 Å². The Kier molecular flexibility index (Phi) is 6.60. The van der Waals surface area contributed by atoms with Crippen LogP contribution in [-0.4, -0.2) is 45.8 Å². The Bertz CT molecular complexity index is 822. The fourth-order valence-corrected chi connectivity index (χ4v) is 3.59. The normalized spacial score (nSPS) is 17.6. The Morgan fingerprint density at radius 2 is 1.93 bits per heavy atom. The predicted octanol–water partition coefficient (Wildman–Crippen LogP) is 5.23. The number of halogens is 1. The number of carbonyl (C=O) groups is 1. The molecule has 0 N–H and O–H groups in total. The van der Waals surface area contributed by atoms with Gasteiger partial charge in [0, 0.05) is 12.6 Å². The fraction of sp³-hybridized carbons (Fsp3) is 0.571. The van der Waals surface area contributed by atoms with Gasteiger partial charge < -0.3 is 14.4 Å². The standard InChI is InChI=1S/C21H28ClN3O3/c1-21(2,3)28-20(26)25-13-7-6-9-15(25)10-8-14-27-19-18(22)23-16-11-4-5-12-17(16)24-19/h4-5,11-12,15H,6-10,13-14H2,1-3H3/t15-/m0/s1. The van der Waals surface area contributed by atoms with Crippen LogP contribution in [0.2, 0.25) is 5.15 Å². The predicted molar refractivity (Wildman–Crippen MR) is 110 cm³/mol. The van der Waals surface area contributed by atoms with Gasteiger partial charge in [0.05, 0.1) is 17.6 Å². The van der Waals surface area contributed by atoms with E-state index in [1.807, 2.05) is 49.9 Å². The van der Waals surface area contributed by atoms with E-state index < -0.39 is 5.60 Å². The van der Waals surface area contributed by atoms with E-state index in [1.54, 1.807) is 0 Å². The van der Waals surface area contributed by atoms with Gasteiger partial charge >= 0.3 is 6.09 Å². The number of fused-ring (bicyclic) bond motifs is 1. The Labute approximate surface area is 171 Å². The Morgan fingerprint density at radius 3 is 2.64 bits per heavy atom. The van der Waals surface area contributed by atoms with Crippen molar-refractivity contribution in [2.75, 3.05) is 13.2 Å². The van der Waals surface area contributed by atoms with Gasteiger partial charge in [0.15, 0.2) is 5.15 Å². The third-order valence-electron chi connectivity index (χ3n) is 4.67. The van der Waals surface area contributed by atoms with Crippen molar-refractivity contribution < 1.29 is 14.3 Å². The lowest BCUT2D eigenvalue weighted by atomic mass is 9.98. The highest BCUT2D eigenvalue weighted by Crippen LogP contribution is 2.25. The minimum absolute atomic E-state index is 0.186. The Hall–Kier alpha value is -2.08. The molecule has 3 rings (SSSR count). The van der Waals surface area contributed by atoms with Crippen LogP contribution in [0.1, 0.15) is 52.9 Å². The number of hydrogen-bond acceptors (Lipinski definition) is 5. The molecule has 0 spiro atoms. The summed E-state index contributed by atoms with van der Waals surface area (Å²) in [7, 11) is 0. The molecule has 1 fully saturated rings. The van der Waals surface area contributed by atoms with Crippen molar-refractivity contribution in [2.24, 2.45) is 0 Å². The first-order chi connectivity index (χ1) is 13.3. The number of nitrogens with zero attached hydrogens (tertiary/aromatic N) is 3. The first-order valence-electron chi connectivity index (χ1n) is 9.88. The SMILES string of the molecule is CC(C)(C)OC(=O)N1CCCC[C@H]1CCCOc1nc2ccccc2nc1Cl. The number of amides is 1. The summed E-state index contributed by atoms with van der Waals surface area (Å²) in [6.45, 7) is 6.91. The molecule has 28 heavy (non-hydrogen) atoms. The van der Waals surface area contributed by atoms with Gasteiger partial charge in [-0.2, -0.15) is 0 Å². The molecule has 0 radical (unpaired) electrons. The maximum absolute atomic E-state index is 12.5. The summed E-state index contributed by atoms with van der Waals surface area (Å²) in [4.78, 5) is 23.1. The second kappa shape index (κ2) is 8.95. The molecule has 0 unspecified atom stereocenters. The van der Waals surface area contributed by atoms with E-state index in [1.165, 1.54) is 0 Å². The number of hydrogen-bond donors (Lipinski definition) is 0. The second-order valence-electron chi connectivity index (χ2n) is 8.12. The number of rotatable bonds is 5. The van der Waals surface area contributed by atoms with Crippen LogP contribution >= 0.6 is 11.6 Å². The molecule has 6 nitrogen and oxygen atoms in total. The molecule has 2 heterocycles. The summed E-state index contributed by atoms with van der Waals surface area (Å²) in [6.07, 6.45) is 4.59. The van der Waals surface area contributed by atoms with Crippen LogP contribution in [0.15, 0.2) is 24.3 Å². The van der Waals surface area contributed by atoms with Crippen molar-refractivity contribution in [3.05, 3.63) is 29.4 Å². The topological polar surface area (TPSA) is 64.5 Å². The lowest BCUT2D eigenvalue weighted by Crippen LogP contribution is -2.46. The average Bonchev–Trinajstić information content (AvgIpc) is 2.64. The largest absolute Gasteiger partial charge is 0.475 e. The summed E-state index contributed by atoms with van der Waals surface area (Å²) in [5.41, 5.74) is 1.02. The van der Waals surface area contributed by atoms with Crippen LogP contribution in [0.4, 0.5) is 4.79 Å². The Balaban J connectivity index is 1.53. The third-order valence-corrected chi connectivity index (χ3v) is 4.92. The minimum atomic E-state index is -0.478. The van der Waals surface area contributed by atoms with Gasteiger partial charge in [0.25, 0.3) is 5.88 Å². The lowest BCUT2D eigenvalue weighted by Gasteiger charge is -2.36. The summed E-state index contributed by atoms with van der Waals surface area (Å²) in [5.74, 6) is 0.355. The van der Waals surface area contributed by atoms with Crippen LogP contribution in [0.25, 0.3) is 11.0 Å². The molecule has 1 saturated heterocycles. The molecular weight excluding hydrogens is 378 g/mol. The van der Waals surface area contributed by atoms with Crippen molar-refractivity contribution in [3.8, 4) is 5.88 Å². The summed E-state index contributed by atoms with van der Waals surface area (Å²) < 4.78 is 11.3. The van der Waals surface area contributed by atoms with Crippen LogP contribution in [0.3, 0.4) is 0 Å². The first-order valence-corrected chi connectivity index (χ1v) is 10.3. The van der Waals surface area contributed by atoms with Crippen molar-refractivity contribution in [2.45, 2.75) is 64.5 Å². The maximum Gasteiger partial charge on any atom is 0.410 e. The molecule has 1 aromatic carbocycles. The molecular formula is C21H28ClN3O3. The van der Waals surface area contributed by atoms with Crippen LogP contribution in [-0.2, 0) is 4.74 Å². The van der Waals surface area contributed by atoms with E-state index in [0.29, 0.717) is 12.5 Å². The van der Waals surface area contributed by atoms with Gasteiger partial charge in [-0.15, -0.1) is 0 Å². The fourth-order valence-electron chi connectivity index (χ4n) is 3.40. The van der Waals surface area contributed by atoms with Crippen LogP contribution in [0, 0.1) is 0 Å². The van der Waals surface area contributed by atoms with Crippen molar-refractivity contribution in [3.63, 3.8) is 0 Å². The number of ether oxygens (including phenoxy) is 2. The minimum Gasteiger partial charge on any atom is -0.475 e. The molecule has 0 aliphatic carbocycles. The zero-order valence-corrected chi connectivity index (χ0v) is 17.5. The number of likely N-dealkylation sites (tertiary alicyclic amines) is 1. The van der Waals surface area contributed by atoms with Gasteiger partial charge in [-0.1, -0.05) is 23.7 Å². The van der Waals surface area contributed by atoms with E-state index in [2.05, 4.69) is 9.97 Å². The van der Waals surface area contributed by atoms with Crippen LogP contribution in [0.5, 0.6) is 5.88 Å². The highest BCUT2D eigenvalue weighted by molar-refractivity contribution is 6.31. The second-order valence-corrected chi connectivity index (χ2v) is 8.48. The average molecular weight is 406 g/mol. The number of aromatic nitrogens is 2. The van der Waals surface area contributed by atoms with Crippen molar-refractivity contribution in [1.82, 2.24) is 14.9 Å². The van der Waals surface area contributed by atoms with E-state index in [9.17, 15) is 4.79 Å². The first kappa shape index (κ1) is 20.6. The van der Waals surface area contributed by atoms with Gasteiger partial charge in [-0.05, 0) is 65.0 Å². The molecule has 1 aliphatic heterocycles. The van der Waals surface area contributed by atoms with Gasteiger partial charge in [0.1, 0.15) is 5.60 Å². The maximum atomic E-state index is 12.5. The number of para-hydroxylation sites is 2. The zero-order chi connectivity index (χ0) is 20.1. The van der Waals surface area contributed by atoms with Gasteiger partial charge in [0.2, 0.25) is 0 Å². The zero-order valence-electron chi connectivity index (χ0n) is 16.8. The molecule has 7 heteroatoms. The highest BCUT2D eigenvalue weighted by Gasteiger charge is 2.30. The third kappa shape index (κ3) is 5.47. The summed E-state index contributed by atoms with van der Waals surface area (Å²) >= 11 is 6.19. The quantitative estimate of drug-likeness (QED) is 0.637. The highest BCUT2D eigenvalue weighted by atomic mass is 35.5. The van der Waals surface area contributed by atoms with Crippen LogP contribution < -0.4 is 4.74 Å². The number of piperidine rings is 1. The van der Waals surface area contributed by atoms with Crippen molar-refractivity contribution >= 4 is 28.7 Å². The molecule has 152 valence electrons. The molecule has 2 aromatic rings. The molecule has 1 aliphatic rings. The molecule has 1 atom stereocenters. The van der Waals surface area contributed by atoms with Crippen molar-refractivity contribution in [1.29, 1.82) is 0 Å². The molecule has 0 saturated carbocycles. The lowest BCUT2D eigenvalue weighted by molar-refractivity contribution is 0.00822. The Morgan fingerprint density at radius 1 is 1.21 bits per heavy atom. The molecule has 1 aromatic heterocycles. The summed E-state index contributed by atoms with van der Waals surface area (Å²) in [6, 6.07) is 7.74. The molecule has 1 amide bonds. The summed E-state index contributed by atoms with van der Waals surface area (Å²) in [5, 5.41) is 0.270. The number of benzene rings is 1. The molecule has 0 bridgehead atoms. The van der Waals surface area contributed by atoms with Gasteiger partial charge in [-0.25, -0.2) is 14.8 Å². The monoisotopic (exact) mass is 405 g/mol. The number of carbonyl (C=O) groups excluding carboxylic acids is 1. The van der Waals surface area contributed by atoms with E-state index in [4.69, 9.17) is 21.1 Å². The van der Waals surface area contributed by atoms with E-state index >= 15 is 0 Å².